The normalized spacial score (nSPS) is 11.5. The average molecular weight is 298 g/mol. The van der Waals surface area contributed by atoms with Crippen molar-refractivity contribution < 1.29 is 14.3 Å². The molecule has 0 bridgehead atoms. The van der Waals surface area contributed by atoms with E-state index in [1.807, 2.05) is 25.1 Å². The van der Waals surface area contributed by atoms with Gasteiger partial charge in [-0.15, -0.1) is 0 Å². The second-order valence-electron chi connectivity index (χ2n) is 4.69. The van der Waals surface area contributed by atoms with Crippen molar-refractivity contribution in [3.63, 3.8) is 0 Å². The van der Waals surface area contributed by atoms with Gasteiger partial charge in [-0.3, -0.25) is 14.7 Å². The van der Waals surface area contributed by atoms with Crippen LogP contribution in [0.1, 0.15) is 23.7 Å². The van der Waals surface area contributed by atoms with Crippen molar-refractivity contribution in [3.05, 3.63) is 60.4 Å². The molecular weight excluding hydrogens is 280 g/mol. The SMILES string of the molecule is CCC(C(=O)OC)N(C(=O)c1ccncc1)c1ccccc1. The van der Waals surface area contributed by atoms with Crippen LogP contribution in [0.4, 0.5) is 5.69 Å². The van der Waals surface area contributed by atoms with Gasteiger partial charge in [0.15, 0.2) is 0 Å². The third-order valence-electron chi connectivity index (χ3n) is 3.35. The first-order valence-corrected chi connectivity index (χ1v) is 7.05. The summed E-state index contributed by atoms with van der Waals surface area (Å²) in [5.74, 6) is -0.695. The van der Waals surface area contributed by atoms with Crippen LogP contribution in [0, 0.1) is 0 Å². The topological polar surface area (TPSA) is 59.5 Å². The first-order valence-electron chi connectivity index (χ1n) is 7.05. The van der Waals surface area contributed by atoms with E-state index in [0.717, 1.165) is 0 Å². The highest BCUT2D eigenvalue weighted by Crippen LogP contribution is 2.22. The summed E-state index contributed by atoms with van der Waals surface area (Å²) in [6.07, 6.45) is 3.56. The Morgan fingerprint density at radius 2 is 1.77 bits per heavy atom. The van der Waals surface area contributed by atoms with Gasteiger partial charge in [-0.1, -0.05) is 25.1 Å². The molecule has 1 heterocycles. The van der Waals surface area contributed by atoms with Crippen molar-refractivity contribution in [2.24, 2.45) is 0 Å². The van der Waals surface area contributed by atoms with Crippen molar-refractivity contribution in [3.8, 4) is 0 Å². The Labute approximate surface area is 129 Å². The quantitative estimate of drug-likeness (QED) is 0.796. The second-order valence-corrected chi connectivity index (χ2v) is 4.69. The molecular formula is C17H18N2O3. The molecule has 0 aliphatic rings. The van der Waals surface area contributed by atoms with E-state index in [2.05, 4.69) is 4.98 Å². The van der Waals surface area contributed by atoms with Gasteiger partial charge in [-0.05, 0) is 30.7 Å². The van der Waals surface area contributed by atoms with Crippen LogP contribution in [0.2, 0.25) is 0 Å². The lowest BCUT2D eigenvalue weighted by molar-refractivity contribution is -0.142. The van der Waals surface area contributed by atoms with Crippen molar-refractivity contribution >= 4 is 17.6 Å². The summed E-state index contributed by atoms with van der Waals surface area (Å²) < 4.78 is 4.85. The zero-order valence-electron chi connectivity index (χ0n) is 12.6. The summed E-state index contributed by atoms with van der Waals surface area (Å²) >= 11 is 0. The predicted molar refractivity (Wildman–Crippen MR) is 83.6 cm³/mol. The van der Waals surface area contributed by atoms with Gasteiger partial charge in [0.25, 0.3) is 5.91 Å². The number of esters is 1. The zero-order valence-corrected chi connectivity index (χ0v) is 12.6. The summed E-state index contributed by atoms with van der Waals surface area (Å²) in [6.45, 7) is 1.84. The predicted octanol–water partition coefficient (Wildman–Crippen LogP) is 2.68. The largest absolute Gasteiger partial charge is 0.467 e. The maximum atomic E-state index is 12.9. The van der Waals surface area contributed by atoms with Crippen LogP contribution >= 0.6 is 0 Å². The smallest absolute Gasteiger partial charge is 0.328 e. The van der Waals surface area contributed by atoms with Gasteiger partial charge < -0.3 is 4.74 Å². The molecule has 0 radical (unpaired) electrons. The van der Waals surface area contributed by atoms with E-state index in [9.17, 15) is 9.59 Å². The van der Waals surface area contributed by atoms with Gasteiger partial charge in [-0.2, -0.15) is 0 Å². The first kappa shape index (κ1) is 15.7. The molecule has 1 unspecified atom stereocenters. The monoisotopic (exact) mass is 298 g/mol. The fraction of sp³-hybridized carbons (Fsp3) is 0.235. The molecule has 22 heavy (non-hydrogen) atoms. The fourth-order valence-corrected chi connectivity index (χ4v) is 2.25. The van der Waals surface area contributed by atoms with E-state index in [1.54, 1.807) is 36.7 Å². The number of hydrogen-bond acceptors (Lipinski definition) is 4. The lowest BCUT2D eigenvalue weighted by Crippen LogP contribution is -2.45. The number of pyridine rings is 1. The van der Waals surface area contributed by atoms with E-state index >= 15 is 0 Å². The Hall–Kier alpha value is -2.69. The number of methoxy groups -OCH3 is 1. The van der Waals surface area contributed by atoms with Crippen LogP contribution in [-0.4, -0.2) is 30.0 Å². The number of anilines is 1. The number of carbonyl (C=O) groups is 2. The van der Waals surface area contributed by atoms with Crippen molar-refractivity contribution in [2.45, 2.75) is 19.4 Å². The van der Waals surface area contributed by atoms with Crippen molar-refractivity contribution in [2.75, 3.05) is 12.0 Å². The highest BCUT2D eigenvalue weighted by Gasteiger charge is 2.31. The van der Waals surface area contributed by atoms with Crippen LogP contribution in [0.25, 0.3) is 0 Å². The number of aromatic nitrogens is 1. The number of amides is 1. The zero-order chi connectivity index (χ0) is 15.9. The van der Waals surface area contributed by atoms with Crippen LogP contribution in [-0.2, 0) is 9.53 Å². The van der Waals surface area contributed by atoms with Crippen LogP contribution in [0.5, 0.6) is 0 Å². The molecule has 1 aromatic heterocycles. The highest BCUT2D eigenvalue weighted by atomic mass is 16.5. The summed E-state index contributed by atoms with van der Waals surface area (Å²) in [5.41, 5.74) is 1.13. The Morgan fingerprint density at radius 1 is 1.14 bits per heavy atom. The van der Waals surface area contributed by atoms with Gasteiger partial charge in [0.1, 0.15) is 6.04 Å². The van der Waals surface area contributed by atoms with Gasteiger partial charge in [0.05, 0.1) is 7.11 Å². The molecule has 0 aliphatic heterocycles. The van der Waals surface area contributed by atoms with Gasteiger partial charge >= 0.3 is 5.97 Å². The summed E-state index contributed by atoms with van der Waals surface area (Å²) in [6, 6.07) is 11.7. The minimum absolute atomic E-state index is 0.258. The van der Waals surface area contributed by atoms with Crippen LogP contribution in [0.3, 0.4) is 0 Å². The van der Waals surface area contributed by atoms with Crippen molar-refractivity contribution in [1.29, 1.82) is 0 Å². The van der Waals surface area contributed by atoms with Gasteiger partial charge in [0.2, 0.25) is 0 Å². The van der Waals surface area contributed by atoms with Gasteiger partial charge in [0, 0.05) is 23.6 Å². The minimum Gasteiger partial charge on any atom is -0.467 e. The number of ether oxygens (including phenoxy) is 1. The third-order valence-corrected chi connectivity index (χ3v) is 3.35. The molecule has 114 valence electrons. The third kappa shape index (κ3) is 3.31. The number of rotatable bonds is 5. The molecule has 2 rings (SSSR count). The van der Waals surface area contributed by atoms with Crippen LogP contribution < -0.4 is 4.90 Å². The second kappa shape index (κ2) is 7.36. The molecule has 0 aliphatic carbocycles. The molecule has 1 aromatic carbocycles. The molecule has 2 aromatic rings. The Balaban J connectivity index is 2.46. The van der Waals surface area contributed by atoms with Gasteiger partial charge in [-0.25, -0.2) is 4.79 Å². The summed E-state index contributed by atoms with van der Waals surface area (Å²) in [7, 11) is 1.32. The number of benzene rings is 1. The molecule has 1 atom stereocenters. The number of para-hydroxylation sites is 1. The summed E-state index contributed by atoms with van der Waals surface area (Å²) in [5, 5.41) is 0. The minimum atomic E-state index is -0.673. The lowest BCUT2D eigenvalue weighted by atomic mass is 10.1. The molecule has 0 saturated carbocycles. The summed E-state index contributed by atoms with van der Waals surface area (Å²) in [4.78, 5) is 30.3. The molecule has 5 heteroatoms. The van der Waals surface area contributed by atoms with E-state index in [1.165, 1.54) is 12.0 Å². The Bertz CT molecular complexity index is 629. The Kier molecular flexibility index (Phi) is 5.25. The molecule has 0 saturated heterocycles. The standard InChI is InChI=1S/C17H18N2O3/c1-3-15(17(21)22-2)19(14-7-5-4-6-8-14)16(20)13-9-11-18-12-10-13/h4-12,15H,3H2,1-2H3. The van der Waals surface area contributed by atoms with E-state index < -0.39 is 12.0 Å². The fourth-order valence-electron chi connectivity index (χ4n) is 2.25. The van der Waals surface area contributed by atoms with E-state index in [0.29, 0.717) is 17.7 Å². The number of hydrogen-bond donors (Lipinski definition) is 0. The van der Waals surface area contributed by atoms with Crippen LogP contribution in [0.15, 0.2) is 54.9 Å². The number of nitrogens with zero attached hydrogens (tertiary/aromatic N) is 2. The van der Waals surface area contributed by atoms with Crippen molar-refractivity contribution in [1.82, 2.24) is 4.98 Å². The molecule has 0 N–H and O–H groups in total. The molecule has 5 nitrogen and oxygen atoms in total. The Morgan fingerprint density at radius 3 is 2.32 bits per heavy atom. The molecule has 1 amide bonds. The first-order chi connectivity index (χ1) is 10.7. The molecule has 0 fully saturated rings. The highest BCUT2D eigenvalue weighted by molar-refractivity contribution is 6.09. The van der Waals surface area contributed by atoms with E-state index in [-0.39, 0.29) is 5.91 Å². The maximum absolute atomic E-state index is 12.9. The lowest BCUT2D eigenvalue weighted by Gasteiger charge is -2.29. The van der Waals surface area contributed by atoms with E-state index in [4.69, 9.17) is 4.74 Å². The molecule has 0 spiro atoms. The maximum Gasteiger partial charge on any atom is 0.328 e. The average Bonchev–Trinajstić information content (AvgIpc) is 2.60. The number of carbonyl (C=O) groups excluding carboxylic acids is 2.